The molecule has 1 aliphatic rings. The zero-order valence-corrected chi connectivity index (χ0v) is 13.2. The Morgan fingerprint density at radius 1 is 1.22 bits per heavy atom. The highest BCUT2D eigenvalue weighted by molar-refractivity contribution is 5.94. The van der Waals surface area contributed by atoms with Gasteiger partial charge < -0.3 is 19.5 Å². The van der Waals surface area contributed by atoms with E-state index in [0.29, 0.717) is 23.6 Å². The van der Waals surface area contributed by atoms with Gasteiger partial charge in [0.05, 0.1) is 0 Å². The van der Waals surface area contributed by atoms with E-state index in [-0.39, 0.29) is 12.7 Å². The average molecular weight is 313 g/mol. The predicted octanol–water partition coefficient (Wildman–Crippen LogP) is 3.52. The summed E-state index contributed by atoms with van der Waals surface area (Å²) in [5.41, 5.74) is 1.66. The SMILES string of the molecule is CC[C@H](Oc1ccccc1C)C(=O)Nc1ccc2c(c1)OCO2. The van der Waals surface area contributed by atoms with Crippen LogP contribution in [0.2, 0.25) is 0 Å². The molecule has 120 valence electrons. The number of benzene rings is 2. The van der Waals surface area contributed by atoms with E-state index in [2.05, 4.69) is 5.32 Å². The number of carbonyl (C=O) groups excluding carboxylic acids is 1. The highest BCUT2D eigenvalue weighted by Gasteiger charge is 2.20. The largest absolute Gasteiger partial charge is 0.480 e. The monoisotopic (exact) mass is 313 g/mol. The second-order valence-corrected chi connectivity index (χ2v) is 5.34. The summed E-state index contributed by atoms with van der Waals surface area (Å²) in [7, 11) is 0. The molecule has 0 saturated carbocycles. The Morgan fingerprint density at radius 2 is 2.00 bits per heavy atom. The number of anilines is 1. The minimum absolute atomic E-state index is 0.186. The number of amides is 1. The molecule has 0 aliphatic carbocycles. The minimum atomic E-state index is -0.554. The van der Waals surface area contributed by atoms with Gasteiger partial charge in [-0.25, -0.2) is 0 Å². The van der Waals surface area contributed by atoms with Crippen molar-refractivity contribution in [2.75, 3.05) is 12.1 Å². The van der Waals surface area contributed by atoms with Crippen LogP contribution in [0.5, 0.6) is 17.2 Å². The summed E-state index contributed by atoms with van der Waals surface area (Å²) < 4.78 is 16.4. The average Bonchev–Trinajstić information content (AvgIpc) is 3.01. The molecule has 2 aromatic carbocycles. The van der Waals surface area contributed by atoms with Crippen LogP contribution < -0.4 is 19.5 Å². The third-order valence-electron chi connectivity index (χ3n) is 3.67. The van der Waals surface area contributed by atoms with Crippen LogP contribution in [0.4, 0.5) is 5.69 Å². The van der Waals surface area contributed by atoms with Gasteiger partial charge in [0, 0.05) is 11.8 Å². The van der Waals surface area contributed by atoms with E-state index in [4.69, 9.17) is 14.2 Å². The number of hydrogen-bond donors (Lipinski definition) is 1. The first-order chi connectivity index (χ1) is 11.2. The highest BCUT2D eigenvalue weighted by Crippen LogP contribution is 2.34. The summed E-state index contributed by atoms with van der Waals surface area (Å²) in [5, 5.41) is 2.86. The Hall–Kier alpha value is -2.69. The fourth-order valence-corrected chi connectivity index (χ4v) is 2.36. The van der Waals surface area contributed by atoms with Gasteiger partial charge in [-0.15, -0.1) is 0 Å². The molecule has 0 fully saturated rings. The third-order valence-corrected chi connectivity index (χ3v) is 3.67. The molecule has 1 aliphatic heterocycles. The fraction of sp³-hybridized carbons (Fsp3) is 0.278. The van der Waals surface area contributed by atoms with E-state index in [1.165, 1.54) is 0 Å². The summed E-state index contributed by atoms with van der Waals surface area (Å²) >= 11 is 0. The molecule has 23 heavy (non-hydrogen) atoms. The van der Waals surface area contributed by atoms with Crippen LogP contribution in [0, 0.1) is 6.92 Å². The smallest absolute Gasteiger partial charge is 0.265 e. The zero-order chi connectivity index (χ0) is 16.2. The van der Waals surface area contributed by atoms with Gasteiger partial charge >= 0.3 is 0 Å². The molecular formula is C18H19NO4. The van der Waals surface area contributed by atoms with Crippen molar-refractivity contribution >= 4 is 11.6 Å². The molecule has 0 bridgehead atoms. The Bertz CT molecular complexity index is 714. The van der Waals surface area contributed by atoms with Gasteiger partial charge in [0.25, 0.3) is 5.91 Å². The molecule has 3 rings (SSSR count). The number of rotatable bonds is 5. The van der Waals surface area contributed by atoms with Crippen molar-refractivity contribution in [3.8, 4) is 17.2 Å². The van der Waals surface area contributed by atoms with Crippen LogP contribution in [0.15, 0.2) is 42.5 Å². The van der Waals surface area contributed by atoms with Crippen LogP contribution in [-0.2, 0) is 4.79 Å². The van der Waals surface area contributed by atoms with Gasteiger partial charge in [-0.05, 0) is 37.1 Å². The first-order valence-corrected chi connectivity index (χ1v) is 7.60. The van der Waals surface area contributed by atoms with E-state index >= 15 is 0 Å². The van der Waals surface area contributed by atoms with Gasteiger partial charge in [0.2, 0.25) is 6.79 Å². The lowest BCUT2D eigenvalue weighted by atomic mass is 10.2. The van der Waals surface area contributed by atoms with Crippen molar-refractivity contribution in [1.82, 2.24) is 0 Å². The van der Waals surface area contributed by atoms with E-state index in [0.717, 1.165) is 11.3 Å². The molecule has 1 N–H and O–H groups in total. The maximum absolute atomic E-state index is 12.5. The van der Waals surface area contributed by atoms with Crippen molar-refractivity contribution in [1.29, 1.82) is 0 Å². The minimum Gasteiger partial charge on any atom is -0.480 e. The summed E-state index contributed by atoms with van der Waals surface area (Å²) in [4.78, 5) is 12.5. The van der Waals surface area contributed by atoms with Crippen LogP contribution in [-0.4, -0.2) is 18.8 Å². The number of para-hydroxylation sites is 1. The van der Waals surface area contributed by atoms with Gasteiger partial charge in [0.1, 0.15) is 5.75 Å². The summed E-state index contributed by atoms with van der Waals surface area (Å²) in [6.07, 6.45) is 0.0200. The zero-order valence-electron chi connectivity index (χ0n) is 13.2. The highest BCUT2D eigenvalue weighted by atomic mass is 16.7. The standard InChI is InChI=1S/C18H19NO4/c1-3-14(23-15-7-5-4-6-12(15)2)18(20)19-13-8-9-16-17(10-13)22-11-21-16/h4-10,14H,3,11H2,1-2H3,(H,19,20)/t14-/m0/s1. The molecule has 1 amide bonds. The van der Waals surface area contributed by atoms with Crippen LogP contribution in [0.3, 0.4) is 0 Å². The molecule has 0 saturated heterocycles. The maximum atomic E-state index is 12.5. The second-order valence-electron chi connectivity index (χ2n) is 5.34. The molecule has 0 spiro atoms. The van der Waals surface area contributed by atoms with Crippen molar-refractivity contribution < 1.29 is 19.0 Å². The molecule has 2 aromatic rings. The van der Waals surface area contributed by atoms with Gasteiger partial charge in [-0.2, -0.15) is 0 Å². The Morgan fingerprint density at radius 3 is 2.78 bits per heavy atom. The Balaban J connectivity index is 1.69. The maximum Gasteiger partial charge on any atom is 0.265 e. The molecular weight excluding hydrogens is 294 g/mol. The van der Waals surface area contributed by atoms with Crippen molar-refractivity contribution in [2.45, 2.75) is 26.4 Å². The molecule has 5 nitrogen and oxygen atoms in total. The lowest BCUT2D eigenvalue weighted by Gasteiger charge is -2.18. The summed E-state index contributed by atoms with van der Waals surface area (Å²) in [6, 6.07) is 13.0. The normalized spacial score (nSPS) is 13.5. The van der Waals surface area contributed by atoms with Crippen LogP contribution >= 0.6 is 0 Å². The van der Waals surface area contributed by atoms with Crippen LogP contribution in [0.1, 0.15) is 18.9 Å². The predicted molar refractivity (Wildman–Crippen MR) is 87.1 cm³/mol. The molecule has 5 heteroatoms. The lowest BCUT2D eigenvalue weighted by Crippen LogP contribution is -2.32. The molecule has 0 radical (unpaired) electrons. The summed E-state index contributed by atoms with van der Waals surface area (Å²) in [5.74, 6) is 1.86. The number of fused-ring (bicyclic) bond motifs is 1. The van der Waals surface area contributed by atoms with E-state index in [1.54, 1.807) is 18.2 Å². The fourth-order valence-electron chi connectivity index (χ4n) is 2.36. The van der Waals surface area contributed by atoms with Gasteiger partial charge in [0.15, 0.2) is 17.6 Å². The van der Waals surface area contributed by atoms with Gasteiger partial charge in [-0.3, -0.25) is 4.79 Å². The Labute approximate surface area is 135 Å². The van der Waals surface area contributed by atoms with Gasteiger partial charge in [-0.1, -0.05) is 25.1 Å². The van der Waals surface area contributed by atoms with Crippen molar-refractivity contribution in [3.63, 3.8) is 0 Å². The van der Waals surface area contributed by atoms with Crippen molar-refractivity contribution in [2.24, 2.45) is 0 Å². The molecule has 1 atom stereocenters. The lowest BCUT2D eigenvalue weighted by molar-refractivity contribution is -0.122. The first-order valence-electron chi connectivity index (χ1n) is 7.60. The molecule has 0 unspecified atom stereocenters. The Kier molecular flexibility index (Phi) is 4.37. The van der Waals surface area contributed by atoms with Crippen molar-refractivity contribution in [3.05, 3.63) is 48.0 Å². The number of nitrogens with one attached hydrogen (secondary N) is 1. The third kappa shape index (κ3) is 3.39. The van der Waals surface area contributed by atoms with E-state index < -0.39 is 6.10 Å². The topological polar surface area (TPSA) is 56.8 Å². The second kappa shape index (κ2) is 6.60. The van der Waals surface area contributed by atoms with E-state index in [9.17, 15) is 4.79 Å². The number of aryl methyl sites for hydroxylation is 1. The number of hydrogen-bond acceptors (Lipinski definition) is 4. The number of carbonyl (C=O) groups is 1. The van der Waals surface area contributed by atoms with Crippen LogP contribution in [0.25, 0.3) is 0 Å². The molecule has 1 heterocycles. The van der Waals surface area contributed by atoms with E-state index in [1.807, 2.05) is 38.1 Å². The summed E-state index contributed by atoms with van der Waals surface area (Å²) in [6.45, 7) is 4.08. The first kappa shape index (κ1) is 15.2. The molecule has 0 aromatic heterocycles. The number of ether oxygens (including phenoxy) is 3. The quantitative estimate of drug-likeness (QED) is 0.917.